The quantitative estimate of drug-likeness (QED) is 0.148. The number of phenols is 1. The van der Waals surface area contributed by atoms with Crippen LogP contribution in [0.3, 0.4) is 0 Å². The average molecular weight is 596 g/mol. The number of esters is 1. The van der Waals surface area contributed by atoms with Gasteiger partial charge in [-0.1, -0.05) is 18.2 Å². The predicted octanol–water partition coefficient (Wildman–Crippen LogP) is 3.08. The first-order chi connectivity index (χ1) is 19.8. The Hall–Kier alpha value is -5.44. The fraction of sp³-hybridized carbons (Fsp3) is 0.148. The van der Waals surface area contributed by atoms with Crippen LogP contribution in [0.1, 0.15) is 23.0 Å². The molecular weight excluding hydrogens is 570 g/mol. The third kappa shape index (κ3) is 6.00. The standard InChI is InChI=1S/C27H25N5O9S/c1-16-24(26(35)31(30(16)3)19-7-5-4-6-8-19)28-25(34)17(2)41-27(36)22-15-21(13-14-23(22)33)42(39,40)29-18-9-11-20(12-10-18)32(37)38/h4-15,17,29,33H,1-3H3,(H,28,34). The van der Waals surface area contributed by atoms with Crippen molar-refractivity contribution < 1.29 is 32.8 Å². The zero-order valence-electron chi connectivity index (χ0n) is 22.5. The molecular formula is C27H25N5O9S. The Morgan fingerprint density at radius 2 is 1.69 bits per heavy atom. The lowest BCUT2D eigenvalue weighted by atomic mass is 10.2. The number of anilines is 2. The molecule has 42 heavy (non-hydrogen) atoms. The number of nitro benzene ring substituents is 1. The van der Waals surface area contributed by atoms with Gasteiger partial charge in [-0.3, -0.25) is 29.1 Å². The van der Waals surface area contributed by atoms with Crippen molar-refractivity contribution in [3.8, 4) is 11.4 Å². The van der Waals surface area contributed by atoms with E-state index in [4.69, 9.17) is 4.74 Å². The first kappa shape index (κ1) is 29.5. The van der Waals surface area contributed by atoms with Gasteiger partial charge in [-0.15, -0.1) is 0 Å². The Balaban J connectivity index is 1.50. The van der Waals surface area contributed by atoms with Gasteiger partial charge in [0.15, 0.2) is 6.10 Å². The fourth-order valence-electron chi connectivity index (χ4n) is 3.93. The van der Waals surface area contributed by atoms with Crippen molar-refractivity contribution in [2.45, 2.75) is 24.8 Å². The molecule has 0 radical (unpaired) electrons. The molecule has 3 N–H and O–H groups in total. The summed E-state index contributed by atoms with van der Waals surface area (Å²) in [6.07, 6.45) is -1.44. The topological polar surface area (TPSA) is 192 Å². The normalized spacial score (nSPS) is 11.9. The largest absolute Gasteiger partial charge is 0.507 e. The molecule has 1 atom stereocenters. The SMILES string of the molecule is Cc1c(NC(=O)C(C)OC(=O)c2cc(S(=O)(=O)Nc3ccc([N+](=O)[O-])cc3)ccc2O)c(=O)n(-c2ccccc2)n1C. The van der Waals surface area contributed by atoms with E-state index in [1.165, 1.54) is 23.7 Å². The Labute approximate surface area is 239 Å². The number of carbonyl (C=O) groups is 2. The van der Waals surface area contributed by atoms with E-state index in [0.717, 1.165) is 30.3 Å². The summed E-state index contributed by atoms with van der Waals surface area (Å²) in [4.78, 5) is 48.5. The van der Waals surface area contributed by atoms with Crippen LogP contribution >= 0.6 is 0 Å². The molecule has 4 aromatic rings. The number of carbonyl (C=O) groups excluding carboxylic acids is 2. The van der Waals surface area contributed by atoms with Gasteiger partial charge >= 0.3 is 5.97 Å². The van der Waals surface area contributed by atoms with E-state index in [-0.39, 0.29) is 17.1 Å². The number of phenolic OH excluding ortho intramolecular Hbond substituents is 1. The van der Waals surface area contributed by atoms with Crippen LogP contribution in [0.4, 0.5) is 17.1 Å². The molecule has 0 aliphatic rings. The van der Waals surface area contributed by atoms with Gasteiger partial charge < -0.3 is 15.2 Å². The molecule has 0 saturated carbocycles. The maximum Gasteiger partial charge on any atom is 0.342 e. The van der Waals surface area contributed by atoms with Crippen molar-refractivity contribution in [2.75, 3.05) is 10.0 Å². The summed E-state index contributed by atoms with van der Waals surface area (Å²) in [5.74, 6) is -2.64. The molecule has 1 heterocycles. The van der Waals surface area contributed by atoms with Gasteiger partial charge in [-0.2, -0.15) is 0 Å². The number of hydrogen-bond donors (Lipinski definition) is 3. The zero-order chi connectivity index (χ0) is 30.8. The van der Waals surface area contributed by atoms with Crippen LogP contribution in [0, 0.1) is 17.0 Å². The number of sulfonamides is 1. The number of rotatable bonds is 9. The molecule has 15 heteroatoms. The number of hydrogen-bond acceptors (Lipinski definition) is 9. The van der Waals surface area contributed by atoms with Gasteiger partial charge in [0.1, 0.15) is 17.0 Å². The molecule has 3 aromatic carbocycles. The first-order valence-corrected chi connectivity index (χ1v) is 13.7. The van der Waals surface area contributed by atoms with E-state index >= 15 is 0 Å². The van der Waals surface area contributed by atoms with Crippen LogP contribution < -0.4 is 15.6 Å². The molecule has 4 rings (SSSR count). The Morgan fingerprint density at radius 3 is 2.31 bits per heavy atom. The maximum atomic E-state index is 13.1. The number of para-hydroxylation sites is 1. The van der Waals surface area contributed by atoms with Gasteiger partial charge in [0.05, 0.1) is 21.2 Å². The predicted molar refractivity (Wildman–Crippen MR) is 151 cm³/mol. The lowest BCUT2D eigenvalue weighted by Gasteiger charge is -2.14. The minimum absolute atomic E-state index is 0.0191. The fourth-order valence-corrected chi connectivity index (χ4v) is 5.01. The second-order valence-corrected chi connectivity index (χ2v) is 10.7. The summed E-state index contributed by atoms with van der Waals surface area (Å²) in [7, 11) is -2.65. The number of aromatic hydroxyl groups is 1. The lowest BCUT2D eigenvalue weighted by Crippen LogP contribution is -2.32. The third-order valence-electron chi connectivity index (χ3n) is 6.28. The second-order valence-electron chi connectivity index (χ2n) is 9.06. The highest BCUT2D eigenvalue weighted by molar-refractivity contribution is 7.92. The molecule has 0 fully saturated rings. The first-order valence-electron chi connectivity index (χ1n) is 12.3. The number of nitro groups is 1. The maximum absolute atomic E-state index is 13.1. The van der Waals surface area contributed by atoms with Gasteiger partial charge in [-0.05, 0) is 56.3 Å². The van der Waals surface area contributed by atoms with Gasteiger partial charge in [0, 0.05) is 24.9 Å². The van der Waals surface area contributed by atoms with Gasteiger partial charge in [0.25, 0.3) is 27.2 Å². The highest BCUT2D eigenvalue weighted by Gasteiger charge is 2.26. The number of non-ortho nitro benzene ring substituents is 1. The van der Waals surface area contributed by atoms with Crippen molar-refractivity contribution in [3.63, 3.8) is 0 Å². The molecule has 0 spiro atoms. The van der Waals surface area contributed by atoms with Crippen molar-refractivity contribution in [1.82, 2.24) is 9.36 Å². The Morgan fingerprint density at radius 1 is 1.05 bits per heavy atom. The van der Waals surface area contributed by atoms with Gasteiger partial charge in [-0.25, -0.2) is 17.9 Å². The minimum atomic E-state index is -4.30. The number of amides is 1. The van der Waals surface area contributed by atoms with E-state index in [1.54, 1.807) is 49.0 Å². The summed E-state index contributed by atoms with van der Waals surface area (Å²) in [6.45, 7) is 2.87. The van der Waals surface area contributed by atoms with E-state index in [9.17, 15) is 38.0 Å². The van der Waals surface area contributed by atoms with Crippen molar-refractivity contribution >= 4 is 39.0 Å². The van der Waals surface area contributed by atoms with Crippen LogP contribution in [0.2, 0.25) is 0 Å². The summed E-state index contributed by atoms with van der Waals surface area (Å²) in [6, 6.07) is 16.2. The lowest BCUT2D eigenvalue weighted by molar-refractivity contribution is -0.384. The van der Waals surface area contributed by atoms with Crippen LogP contribution in [0.25, 0.3) is 5.69 Å². The molecule has 1 aromatic heterocycles. The average Bonchev–Trinajstić information content (AvgIpc) is 3.16. The molecule has 0 saturated heterocycles. The number of aromatic nitrogens is 2. The molecule has 1 amide bonds. The second kappa shape index (κ2) is 11.6. The Kier molecular flexibility index (Phi) is 8.15. The number of ether oxygens (including phenoxy) is 1. The minimum Gasteiger partial charge on any atom is -0.507 e. The van der Waals surface area contributed by atoms with E-state index in [1.807, 2.05) is 0 Å². The van der Waals surface area contributed by atoms with Gasteiger partial charge in [0.2, 0.25) is 0 Å². The molecule has 0 bridgehead atoms. The zero-order valence-corrected chi connectivity index (χ0v) is 23.3. The summed E-state index contributed by atoms with van der Waals surface area (Å²) in [5, 5.41) is 23.5. The van der Waals surface area contributed by atoms with Crippen molar-refractivity contribution in [1.29, 1.82) is 0 Å². The summed E-state index contributed by atoms with van der Waals surface area (Å²) in [5.41, 5.74) is -0.288. The summed E-state index contributed by atoms with van der Waals surface area (Å²) >= 11 is 0. The number of nitrogens with zero attached hydrogens (tertiary/aromatic N) is 3. The molecule has 0 aliphatic heterocycles. The van der Waals surface area contributed by atoms with Crippen LogP contribution in [0.15, 0.2) is 82.5 Å². The van der Waals surface area contributed by atoms with Crippen molar-refractivity contribution in [2.24, 2.45) is 7.05 Å². The number of nitrogens with one attached hydrogen (secondary N) is 2. The van der Waals surface area contributed by atoms with E-state index in [2.05, 4.69) is 10.0 Å². The van der Waals surface area contributed by atoms with E-state index in [0.29, 0.717) is 11.4 Å². The highest BCUT2D eigenvalue weighted by Crippen LogP contribution is 2.25. The molecule has 14 nitrogen and oxygen atoms in total. The van der Waals surface area contributed by atoms with Crippen LogP contribution in [-0.4, -0.2) is 45.8 Å². The monoisotopic (exact) mass is 595 g/mol. The van der Waals surface area contributed by atoms with E-state index < -0.39 is 54.7 Å². The smallest absolute Gasteiger partial charge is 0.342 e. The molecule has 218 valence electrons. The van der Waals surface area contributed by atoms with Crippen LogP contribution in [0.5, 0.6) is 5.75 Å². The molecule has 0 aliphatic carbocycles. The number of benzene rings is 3. The third-order valence-corrected chi connectivity index (χ3v) is 7.66. The highest BCUT2D eigenvalue weighted by atomic mass is 32.2. The summed E-state index contributed by atoms with van der Waals surface area (Å²) < 4.78 is 36.0. The van der Waals surface area contributed by atoms with Crippen molar-refractivity contribution in [3.05, 3.63) is 105 Å². The molecule has 1 unspecified atom stereocenters. The Bertz CT molecular complexity index is 1850. The van der Waals surface area contributed by atoms with Crippen LogP contribution in [-0.2, 0) is 26.6 Å².